The lowest BCUT2D eigenvalue weighted by atomic mass is 9.74. The quantitative estimate of drug-likeness (QED) is 0.682. The molecule has 21 heavy (non-hydrogen) atoms. The zero-order chi connectivity index (χ0) is 15.5. The van der Waals surface area contributed by atoms with Crippen LogP contribution in [-0.2, 0) is 22.7 Å². The molecule has 1 aromatic heterocycles. The first-order valence-electron chi connectivity index (χ1n) is 8.56. The van der Waals surface area contributed by atoms with E-state index >= 15 is 0 Å². The second-order valence-corrected chi connectivity index (χ2v) is 9.24. The van der Waals surface area contributed by atoms with E-state index in [1.165, 1.54) is 49.9 Å². The van der Waals surface area contributed by atoms with E-state index in [-0.39, 0.29) is 10.8 Å². The van der Waals surface area contributed by atoms with Crippen LogP contribution in [0.5, 0.6) is 0 Å². The normalized spacial score (nSPS) is 21.0. The van der Waals surface area contributed by atoms with Gasteiger partial charge >= 0.3 is 0 Å². The molecule has 1 heterocycles. The third-order valence-corrected chi connectivity index (χ3v) is 5.44. The van der Waals surface area contributed by atoms with Gasteiger partial charge in [0.2, 0.25) is 0 Å². The number of rotatable bonds is 0. The lowest BCUT2D eigenvalue weighted by Gasteiger charge is -2.32. The minimum atomic E-state index is 0.0907. The Morgan fingerprint density at radius 2 is 1.29 bits per heavy atom. The summed E-state index contributed by atoms with van der Waals surface area (Å²) < 4.78 is 0. The van der Waals surface area contributed by atoms with Gasteiger partial charge in [-0.2, -0.15) is 10.2 Å². The topological polar surface area (TPSA) is 25.8 Å². The smallest absolute Gasteiger partial charge is 0.0724 e. The fraction of sp³-hybridized carbons (Fsp3) is 0.789. The highest BCUT2D eigenvalue weighted by Crippen LogP contribution is 2.53. The van der Waals surface area contributed by atoms with Crippen LogP contribution in [-0.4, -0.2) is 10.2 Å². The van der Waals surface area contributed by atoms with E-state index in [1.54, 1.807) is 11.1 Å². The van der Waals surface area contributed by atoms with Crippen LogP contribution in [0.15, 0.2) is 0 Å². The van der Waals surface area contributed by atoms with Gasteiger partial charge in [-0.3, -0.25) is 0 Å². The van der Waals surface area contributed by atoms with Crippen LogP contribution in [0.25, 0.3) is 0 Å². The minimum Gasteiger partial charge on any atom is -0.155 e. The average Bonchev–Trinajstić information content (AvgIpc) is 2.96. The van der Waals surface area contributed by atoms with Crippen molar-refractivity contribution in [3.8, 4) is 0 Å². The highest BCUT2D eigenvalue weighted by Gasteiger charge is 2.46. The molecular weight excluding hydrogens is 256 g/mol. The zero-order valence-electron chi connectivity index (χ0n) is 14.6. The SMILES string of the molecule is CC(C)(C)c1nnc(C(C)(C)C)c2c1CCC21CCCC1. The molecule has 0 bridgehead atoms. The molecule has 0 amide bonds. The number of fused-ring (bicyclic) bond motifs is 2. The number of hydrogen-bond acceptors (Lipinski definition) is 2. The van der Waals surface area contributed by atoms with Crippen LogP contribution < -0.4 is 0 Å². The lowest BCUT2D eigenvalue weighted by Crippen LogP contribution is -2.29. The lowest BCUT2D eigenvalue weighted by molar-refractivity contribution is 0.419. The summed E-state index contributed by atoms with van der Waals surface area (Å²) in [5.41, 5.74) is 6.27. The molecule has 2 nitrogen and oxygen atoms in total. The molecule has 0 N–H and O–H groups in total. The standard InChI is InChI=1S/C19H30N2/c1-17(2,3)15-13-9-12-19(10-7-8-11-19)14(13)16(21-20-15)18(4,5)6/h7-12H2,1-6H3. The maximum Gasteiger partial charge on any atom is 0.0724 e. The average molecular weight is 286 g/mol. The Morgan fingerprint density at radius 3 is 1.81 bits per heavy atom. The Morgan fingerprint density at radius 1 is 0.762 bits per heavy atom. The fourth-order valence-corrected chi connectivity index (χ4v) is 4.46. The molecule has 116 valence electrons. The maximum absolute atomic E-state index is 4.76. The predicted molar refractivity (Wildman–Crippen MR) is 87.9 cm³/mol. The highest BCUT2D eigenvalue weighted by molar-refractivity contribution is 5.48. The second-order valence-electron chi connectivity index (χ2n) is 9.24. The van der Waals surface area contributed by atoms with Gasteiger partial charge in [-0.25, -0.2) is 0 Å². The van der Waals surface area contributed by atoms with Crippen molar-refractivity contribution < 1.29 is 0 Å². The van der Waals surface area contributed by atoms with Gasteiger partial charge in [0.05, 0.1) is 11.4 Å². The maximum atomic E-state index is 4.76. The van der Waals surface area contributed by atoms with Crippen molar-refractivity contribution >= 4 is 0 Å². The minimum absolute atomic E-state index is 0.0907. The van der Waals surface area contributed by atoms with Crippen molar-refractivity contribution in [2.45, 2.75) is 96.3 Å². The molecule has 1 saturated carbocycles. The van der Waals surface area contributed by atoms with Gasteiger partial charge < -0.3 is 0 Å². The van der Waals surface area contributed by atoms with Crippen molar-refractivity contribution in [3.63, 3.8) is 0 Å². The first-order chi connectivity index (χ1) is 9.65. The molecule has 2 aliphatic rings. The van der Waals surface area contributed by atoms with Gasteiger partial charge in [-0.1, -0.05) is 54.4 Å². The van der Waals surface area contributed by atoms with Crippen molar-refractivity contribution in [3.05, 3.63) is 22.5 Å². The summed E-state index contributed by atoms with van der Waals surface area (Å²) in [4.78, 5) is 0. The molecule has 2 aliphatic carbocycles. The van der Waals surface area contributed by atoms with Gasteiger partial charge in [0.25, 0.3) is 0 Å². The Bertz CT molecular complexity index is 552. The van der Waals surface area contributed by atoms with Crippen LogP contribution in [0.4, 0.5) is 0 Å². The van der Waals surface area contributed by atoms with Crippen molar-refractivity contribution in [2.24, 2.45) is 0 Å². The molecule has 0 saturated heterocycles. The van der Waals surface area contributed by atoms with E-state index < -0.39 is 0 Å². The predicted octanol–water partition coefficient (Wildman–Crippen LogP) is 4.83. The second kappa shape index (κ2) is 4.54. The summed E-state index contributed by atoms with van der Waals surface area (Å²) in [6.07, 6.45) is 8.02. The molecule has 0 aliphatic heterocycles. The van der Waals surface area contributed by atoms with Gasteiger partial charge in [-0.15, -0.1) is 0 Å². The number of aromatic nitrogens is 2. The van der Waals surface area contributed by atoms with Gasteiger partial charge in [-0.05, 0) is 42.2 Å². The van der Waals surface area contributed by atoms with Gasteiger partial charge in [0.1, 0.15) is 0 Å². The Kier molecular flexibility index (Phi) is 3.24. The highest BCUT2D eigenvalue weighted by atomic mass is 15.1. The first-order valence-corrected chi connectivity index (χ1v) is 8.56. The zero-order valence-corrected chi connectivity index (χ0v) is 14.6. The first kappa shape index (κ1) is 15.0. The Labute approximate surface area is 129 Å². The van der Waals surface area contributed by atoms with Crippen LogP contribution >= 0.6 is 0 Å². The molecule has 0 radical (unpaired) electrons. The van der Waals surface area contributed by atoms with E-state index in [9.17, 15) is 0 Å². The van der Waals surface area contributed by atoms with E-state index in [0.717, 1.165) is 0 Å². The van der Waals surface area contributed by atoms with Crippen LogP contribution in [0, 0.1) is 0 Å². The summed E-state index contributed by atoms with van der Waals surface area (Å²) >= 11 is 0. The van der Waals surface area contributed by atoms with E-state index in [1.807, 2.05) is 0 Å². The van der Waals surface area contributed by atoms with E-state index in [2.05, 4.69) is 41.5 Å². The molecule has 1 fully saturated rings. The summed E-state index contributed by atoms with van der Waals surface area (Å²) in [5, 5.41) is 9.45. The Balaban J connectivity index is 2.26. The molecule has 0 atom stereocenters. The monoisotopic (exact) mass is 286 g/mol. The van der Waals surface area contributed by atoms with Crippen molar-refractivity contribution in [1.82, 2.24) is 10.2 Å². The largest absolute Gasteiger partial charge is 0.155 e. The third kappa shape index (κ3) is 2.31. The summed E-state index contributed by atoms with van der Waals surface area (Å²) in [6.45, 7) is 13.7. The van der Waals surface area contributed by atoms with Gasteiger partial charge in [0, 0.05) is 10.8 Å². The summed E-state index contributed by atoms with van der Waals surface area (Å²) in [7, 11) is 0. The van der Waals surface area contributed by atoms with Crippen LogP contribution in [0.2, 0.25) is 0 Å². The summed E-state index contributed by atoms with van der Waals surface area (Å²) in [5.74, 6) is 0. The van der Waals surface area contributed by atoms with Crippen molar-refractivity contribution in [1.29, 1.82) is 0 Å². The van der Waals surface area contributed by atoms with Crippen LogP contribution in [0.1, 0.15) is 96.2 Å². The number of nitrogens with zero attached hydrogens (tertiary/aromatic N) is 2. The molecule has 1 spiro atoms. The van der Waals surface area contributed by atoms with Gasteiger partial charge in [0.15, 0.2) is 0 Å². The molecule has 0 aromatic carbocycles. The molecule has 0 unspecified atom stereocenters. The summed E-state index contributed by atoms with van der Waals surface area (Å²) in [6, 6.07) is 0. The van der Waals surface area contributed by atoms with E-state index in [0.29, 0.717) is 5.41 Å². The number of hydrogen-bond donors (Lipinski definition) is 0. The fourth-order valence-electron chi connectivity index (χ4n) is 4.46. The molecule has 3 rings (SSSR count). The van der Waals surface area contributed by atoms with Crippen molar-refractivity contribution in [2.75, 3.05) is 0 Å². The molecule has 1 aromatic rings. The van der Waals surface area contributed by atoms with E-state index in [4.69, 9.17) is 10.2 Å². The Hall–Kier alpha value is -0.920. The van der Waals surface area contributed by atoms with Crippen LogP contribution in [0.3, 0.4) is 0 Å². The molecular formula is C19H30N2. The third-order valence-electron chi connectivity index (χ3n) is 5.44. The molecule has 2 heteroatoms.